The maximum atomic E-state index is 13.9. The Labute approximate surface area is 247 Å². The number of hydrogen-bond donors (Lipinski definition) is 1. The first kappa shape index (κ1) is 31.5. The van der Waals surface area contributed by atoms with Gasteiger partial charge in [0.05, 0.1) is 10.6 Å². The number of carbonyl (C=O) groups excluding carboxylic acids is 2. The molecule has 0 radical (unpaired) electrons. The highest BCUT2D eigenvalue weighted by Crippen LogP contribution is 2.30. The van der Waals surface area contributed by atoms with Crippen molar-refractivity contribution in [2.24, 2.45) is 0 Å². The Morgan fingerprint density at radius 3 is 2.17 bits per heavy atom. The third-order valence-electron chi connectivity index (χ3n) is 6.50. The Kier molecular flexibility index (Phi) is 11.4. The quantitative estimate of drug-likeness (QED) is 0.247. The highest BCUT2D eigenvalue weighted by atomic mass is 35.5. The Bertz CT molecular complexity index is 1380. The lowest BCUT2D eigenvalue weighted by molar-refractivity contribution is -0.138. The molecule has 3 aromatic carbocycles. The third-order valence-corrected chi connectivity index (χ3v) is 8.73. The second kappa shape index (κ2) is 14.5. The van der Waals surface area contributed by atoms with Crippen molar-refractivity contribution in [2.45, 2.75) is 51.0 Å². The van der Waals surface area contributed by atoms with Crippen LogP contribution in [0, 0.1) is 6.92 Å². The molecular formula is C30H35Cl2N3O4S. The van der Waals surface area contributed by atoms with Crippen molar-refractivity contribution in [1.82, 2.24) is 10.2 Å². The van der Waals surface area contributed by atoms with Gasteiger partial charge in [-0.25, -0.2) is 8.42 Å². The van der Waals surface area contributed by atoms with Crippen LogP contribution in [-0.4, -0.2) is 50.8 Å². The van der Waals surface area contributed by atoms with Gasteiger partial charge in [-0.3, -0.25) is 13.9 Å². The van der Waals surface area contributed by atoms with Crippen LogP contribution in [0.5, 0.6) is 0 Å². The zero-order chi connectivity index (χ0) is 29.3. The van der Waals surface area contributed by atoms with E-state index in [0.29, 0.717) is 13.0 Å². The van der Waals surface area contributed by atoms with Gasteiger partial charge in [-0.05, 0) is 62.6 Å². The number of nitrogens with one attached hydrogen (secondary N) is 1. The first-order chi connectivity index (χ1) is 19.0. The van der Waals surface area contributed by atoms with Crippen LogP contribution in [-0.2, 0) is 26.0 Å². The summed E-state index contributed by atoms with van der Waals surface area (Å²) in [6.07, 6.45) is 2.22. The summed E-state index contributed by atoms with van der Waals surface area (Å²) in [6, 6.07) is 19.5. The maximum Gasteiger partial charge on any atom is 0.264 e. The molecule has 1 unspecified atom stereocenters. The molecule has 3 aromatic rings. The predicted octanol–water partition coefficient (Wildman–Crippen LogP) is 5.87. The topological polar surface area (TPSA) is 86.8 Å². The molecule has 214 valence electrons. The summed E-state index contributed by atoms with van der Waals surface area (Å²) in [5, 5.41) is 3.33. The fraction of sp³-hybridized carbons (Fsp3) is 0.333. The number of amides is 2. The van der Waals surface area contributed by atoms with Gasteiger partial charge in [-0.1, -0.05) is 84.6 Å². The number of nitrogens with zero attached hydrogens (tertiary/aromatic N) is 2. The van der Waals surface area contributed by atoms with Gasteiger partial charge in [-0.15, -0.1) is 0 Å². The van der Waals surface area contributed by atoms with E-state index in [1.165, 1.54) is 35.2 Å². The average molecular weight is 605 g/mol. The largest absolute Gasteiger partial charge is 0.354 e. The fourth-order valence-corrected chi connectivity index (χ4v) is 6.07. The van der Waals surface area contributed by atoms with Crippen molar-refractivity contribution < 1.29 is 18.0 Å². The lowest BCUT2D eigenvalue weighted by Crippen LogP contribution is -2.52. The first-order valence-electron chi connectivity index (χ1n) is 13.2. The van der Waals surface area contributed by atoms with E-state index in [1.54, 1.807) is 19.1 Å². The Hall–Kier alpha value is -3.07. The van der Waals surface area contributed by atoms with Crippen molar-refractivity contribution in [3.05, 3.63) is 94.0 Å². The van der Waals surface area contributed by atoms with Gasteiger partial charge in [-0.2, -0.15) is 0 Å². The number of halogens is 2. The standard InChI is InChI=1S/C30H35Cl2N3O4S/c1-4-5-16-33-30(37)23(3)34(17-15-24-9-7-6-8-10-24)29(36)21-35(27-19-25(31)18-26(32)20-27)40(38,39)28-13-11-22(2)12-14-28/h6-14,18-20,23H,4-5,15-17,21H2,1-3H3,(H,33,37). The van der Waals surface area contributed by atoms with Crippen LogP contribution in [0.25, 0.3) is 0 Å². The summed E-state index contributed by atoms with van der Waals surface area (Å²) in [4.78, 5) is 28.3. The molecule has 2 amide bonds. The van der Waals surface area contributed by atoms with E-state index < -0.39 is 28.5 Å². The summed E-state index contributed by atoms with van der Waals surface area (Å²) in [7, 11) is -4.20. The molecule has 0 bridgehead atoms. The average Bonchev–Trinajstić information content (AvgIpc) is 2.92. The normalized spacial score (nSPS) is 12.0. The molecule has 0 fully saturated rings. The molecule has 0 heterocycles. The zero-order valence-corrected chi connectivity index (χ0v) is 25.3. The van der Waals surface area contributed by atoms with Gasteiger partial charge in [0.15, 0.2) is 0 Å². The number of rotatable bonds is 13. The molecule has 0 saturated heterocycles. The first-order valence-corrected chi connectivity index (χ1v) is 15.4. The van der Waals surface area contributed by atoms with E-state index in [2.05, 4.69) is 5.32 Å². The predicted molar refractivity (Wildman–Crippen MR) is 161 cm³/mol. The molecule has 7 nitrogen and oxygen atoms in total. The Balaban J connectivity index is 1.98. The molecule has 1 N–H and O–H groups in total. The fourth-order valence-electron chi connectivity index (χ4n) is 4.16. The van der Waals surface area contributed by atoms with Crippen molar-refractivity contribution in [3.8, 4) is 0 Å². The number of unbranched alkanes of at least 4 members (excludes halogenated alkanes) is 1. The molecule has 0 aliphatic heterocycles. The number of aryl methyl sites for hydroxylation is 1. The number of carbonyl (C=O) groups is 2. The Morgan fingerprint density at radius 1 is 0.950 bits per heavy atom. The lowest BCUT2D eigenvalue weighted by atomic mass is 10.1. The van der Waals surface area contributed by atoms with E-state index in [0.717, 1.165) is 28.3 Å². The van der Waals surface area contributed by atoms with Gasteiger partial charge in [0.25, 0.3) is 10.0 Å². The van der Waals surface area contributed by atoms with Crippen molar-refractivity contribution >= 4 is 50.7 Å². The van der Waals surface area contributed by atoms with E-state index in [1.807, 2.05) is 44.2 Å². The van der Waals surface area contributed by atoms with Gasteiger partial charge in [0.2, 0.25) is 11.8 Å². The molecule has 0 spiro atoms. The Morgan fingerprint density at radius 2 is 1.57 bits per heavy atom. The molecule has 0 aliphatic rings. The number of sulfonamides is 1. The number of benzene rings is 3. The van der Waals surface area contributed by atoms with E-state index in [-0.39, 0.29) is 33.1 Å². The van der Waals surface area contributed by atoms with Crippen LogP contribution < -0.4 is 9.62 Å². The van der Waals surface area contributed by atoms with Gasteiger partial charge in [0, 0.05) is 23.1 Å². The van der Waals surface area contributed by atoms with Gasteiger partial charge >= 0.3 is 0 Å². The molecule has 3 rings (SSSR count). The lowest BCUT2D eigenvalue weighted by Gasteiger charge is -2.32. The second-order valence-corrected chi connectivity index (χ2v) is 12.3. The van der Waals surface area contributed by atoms with Crippen molar-refractivity contribution in [3.63, 3.8) is 0 Å². The zero-order valence-electron chi connectivity index (χ0n) is 22.9. The summed E-state index contributed by atoms with van der Waals surface area (Å²) < 4.78 is 28.7. The van der Waals surface area contributed by atoms with E-state index in [4.69, 9.17) is 23.2 Å². The van der Waals surface area contributed by atoms with E-state index >= 15 is 0 Å². The number of anilines is 1. The van der Waals surface area contributed by atoms with Crippen molar-refractivity contribution in [2.75, 3.05) is 23.9 Å². The summed E-state index contributed by atoms with van der Waals surface area (Å²) >= 11 is 12.5. The van der Waals surface area contributed by atoms with Crippen LogP contribution in [0.1, 0.15) is 37.8 Å². The van der Waals surface area contributed by atoms with Crippen LogP contribution in [0.3, 0.4) is 0 Å². The monoisotopic (exact) mass is 603 g/mol. The highest BCUT2D eigenvalue weighted by molar-refractivity contribution is 7.92. The smallest absolute Gasteiger partial charge is 0.264 e. The molecule has 10 heteroatoms. The maximum absolute atomic E-state index is 13.9. The van der Waals surface area contributed by atoms with Crippen LogP contribution in [0.15, 0.2) is 77.7 Å². The molecule has 0 aliphatic carbocycles. The summed E-state index contributed by atoms with van der Waals surface area (Å²) in [6.45, 7) is 5.70. The van der Waals surface area contributed by atoms with Crippen molar-refractivity contribution in [1.29, 1.82) is 0 Å². The SMILES string of the molecule is CCCCNC(=O)C(C)N(CCc1ccccc1)C(=O)CN(c1cc(Cl)cc(Cl)c1)S(=O)(=O)c1ccc(C)cc1. The summed E-state index contributed by atoms with van der Waals surface area (Å²) in [5.41, 5.74) is 2.03. The molecule has 1 atom stereocenters. The summed E-state index contributed by atoms with van der Waals surface area (Å²) in [5.74, 6) is -0.825. The minimum atomic E-state index is -4.20. The number of hydrogen-bond acceptors (Lipinski definition) is 4. The van der Waals surface area contributed by atoms with Crippen LogP contribution in [0.2, 0.25) is 10.0 Å². The van der Waals surface area contributed by atoms with Crippen LogP contribution in [0.4, 0.5) is 5.69 Å². The van der Waals surface area contributed by atoms with E-state index in [9.17, 15) is 18.0 Å². The van der Waals surface area contributed by atoms with Gasteiger partial charge < -0.3 is 10.2 Å². The molecule has 0 aromatic heterocycles. The second-order valence-electron chi connectivity index (χ2n) is 9.60. The molecular weight excluding hydrogens is 569 g/mol. The minimum absolute atomic E-state index is 0.0168. The highest BCUT2D eigenvalue weighted by Gasteiger charge is 2.32. The molecule has 0 saturated carbocycles. The van der Waals surface area contributed by atoms with Gasteiger partial charge in [0.1, 0.15) is 12.6 Å². The minimum Gasteiger partial charge on any atom is -0.354 e. The molecule has 40 heavy (non-hydrogen) atoms. The van der Waals surface area contributed by atoms with Crippen LogP contribution >= 0.6 is 23.2 Å². The third kappa shape index (κ3) is 8.46.